The fraction of sp³-hybridized carbons (Fsp3) is 0.194. The third kappa shape index (κ3) is 6.40. The number of amides is 4. The van der Waals surface area contributed by atoms with Crippen LogP contribution in [0.25, 0.3) is 12.2 Å². The topological polar surface area (TPSA) is 110 Å². The number of rotatable bonds is 6. The second-order valence-corrected chi connectivity index (χ2v) is 13.5. The third-order valence-electron chi connectivity index (χ3n) is 8.45. The van der Waals surface area contributed by atoms with E-state index in [0.717, 1.165) is 26.6 Å². The zero-order valence-electron chi connectivity index (χ0n) is 26.1. The van der Waals surface area contributed by atoms with Gasteiger partial charge in [0.05, 0.1) is 23.8 Å². The molecule has 2 aliphatic rings. The molecule has 47 heavy (non-hydrogen) atoms. The Morgan fingerprint density at radius 2 is 1.21 bits per heavy atom. The molecule has 0 radical (unpaired) electrons. The zero-order valence-corrected chi connectivity index (χ0v) is 26.9. The van der Waals surface area contributed by atoms with Crippen LogP contribution in [0.5, 0.6) is 0 Å². The molecule has 240 valence electrons. The van der Waals surface area contributed by atoms with Crippen LogP contribution < -0.4 is 9.62 Å². The van der Waals surface area contributed by atoms with E-state index in [-0.39, 0.29) is 25.5 Å². The first-order chi connectivity index (χ1) is 22.7. The van der Waals surface area contributed by atoms with Gasteiger partial charge in [-0.2, -0.15) is 12.7 Å². The second-order valence-electron chi connectivity index (χ2n) is 11.6. The number of piperazine rings is 1. The number of para-hydroxylation sites is 2. The summed E-state index contributed by atoms with van der Waals surface area (Å²) in [5.41, 5.74) is 4.40. The van der Waals surface area contributed by atoms with Crippen LogP contribution in [-0.2, 0) is 19.8 Å². The summed E-state index contributed by atoms with van der Waals surface area (Å²) in [6, 6.07) is 31.8. The van der Waals surface area contributed by atoms with Crippen molar-refractivity contribution in [3.63, 3.8) is 0 Å². The number of nitrogens with one attached hydrogen (secondary N) is 1. The van der Waals surface area contributed by atoms with E-state index in [2.05, 4.69) is 4.72 Å². The van der Waals surface area contributed by atoms with Gasteiger partial charge in [0, 0.05) is 27.2 Å². The molecule has 11 heteroatoms. The van der Waals surface area contributed by atoms with E-state index in [1.165, 1.54) is 19.0 Å². The highest BCUT2D eigenvalue weighted by Gasteiger charge is 2.42. The Labute approximate surface area is 274 Å². The smallest absolute Gasteiger partial charge is 0.329 e. The van der Waals surface area contributed by atoms with Gasteiger partial charge in [-0.15, -0.1) is 0 Å². The lowest BCUT2D eigenvalue weighted by Crippen LogP contribution is -2.64. The van der Waals surface area contributed by atoms with Gasteiger partial charge >= 0.3 is 16.2 Å². The van der Waals surface area contributed by atoms with E-state index in [4.69, 9.17) is 0 Å². The Bertz CT molecular complexity index is 1840. The summed E-state index contributed by atoms with van der Waals surface area (Å²) in [6.07, 6.45) is 3.86. The predicted octanol–water partition coefficient (Wildman–Crippen LogP) is 4.70. The Morgan fingerprint density at radius 3 is 1.72 bits per heavy atom. The van der Waals surface area contributed by atoms with Crippen molar-refractivity contribution in [1.29, 1.82) is 0 Å². The van der Waals surface area contributed by atoms with Crippen LogP contribution in [0.15, 0.2) is 109 Å². The van der Waals surface area contributed by atoms with Gasteiger partial charge in [-0.3, -0.25) is 14.5 Å². The molecule has 0 aliphatic carbocycles. The lowest BCUT2D eigenvalue weighted by atomic mass is 9.89. The molecule has 4 aromatic rings. The number of fused-ring (bicyclic) bond motifs is 2. The van der Waals surface area contributed by atoms with E-state index >= 15 is 0 Å². The van der Waals surface area contributed by atoms with E-state index in [9.17, 15) is 22.8 Å². The van der Waals surface area contributed by atoms with Gasteiger partial charge in [0.2, 0.25) is 5.91 Å². The Kier molecular flexibility index (Phi) is 8.93. The molecule has 0 bridgehead atoms. The monoisotopic (exact) mass is 649 g/mol. The first-order valence-electron chi connectivity index (χ1n) is 15.3. The molecule has 1 N–H and O–H groups in total. The number of anilines is 2. The molecular formula is C36H35N5O5S. The summed E-state index contributed by atoms with van der Waals surface area (Å²) in [5.74, 6) is -1.82. The van der Waals surface area contributed by atoms with Gasteiger partial charge in [-0.1, -0.05) is 109 Å². The Balaban J connectivity index is 1.38. The van der Waals surface area contributed by atoms with Crippen molar-refractivity contribution in [2.24, 2.45) is 0 Å². The first kappa shape index (κ1) is 31.7. The number of urea groups is 1. The SMILES string of the molecule is CN(C)S(=O)(=O)NC(=O)[C@@H]1CN(C(=O)C(c2ccccc2)c2ccccc2)CCN1C(=O)N1c2ccccc2C=Cc2ccccc21. The first-order valence-corrected chi connectivity index (χ1v) is 16.7. The minimum absolute atomic E-state index is 0.00473. The molecule has 0 unspecified atom stereocenters. The highest BCUT2D eigenvalue weighted by Crippen LogP contribution is 2.38. The van der Waals surface area contributed by atoms with Gasteiger partial charge in [0.15, 0.2) is 0 Å². The summed E-state index contributed by atoms with van der Waals surface area (Å²) in [5, 5.41) is 0. The number of benzene rings is 4. The molecule has 2 aliphatic heterocycles. The molecule has 10 nitrogen and oxygen atoms in total. The number of carbonyl (C=O) groups excluding carboxylic acids is 3. The van der Waals surface area contributed by atoms with E-state index in [1.54, 1.807) is 9.80 Å². The normalized spacial score (nSPS) is 16.0. The summed E-state index contributed by atoms with van der Waals surface area (Å²) >= 11 is 0. The average molecular weight is 650 g/mol. The van der Waals surface area contributed by atoms with Crippen LogP contribution in [0.3, 0.4) is 0 Å². The zero-order chi connectivity index (χ0) is 33.1. The molecule has 6 rings (SSSR count). The number of hydrogen-bond donors (Lipinski definition) is 1. The highest BCUT2D eigenvalue weighted by molar-refractivity contribution is 7.87. The minimum Gasteiger partial charge on any atom is -0.337 e. The van der Waals surface area contributed by atoms with Gasteiger partial charge in [-0.25, -0.2) is 9.52 Å². The van der Waals surface area contributed by atoms with Crippen molar-refractivity contribution in [2.45, 2.75) is 12.0 Å². The molecule has 0 aromatic heterocycles. The molecule has 1 atom stereocenters. The Hall–Kier alpha value is -5.26. The predicted molar refractivity (Wildman–Crippen MR) is 182 cm³/mol. The van der Waals surface area contributed by atoms with Crippen molar-refractivity contribution in [2.75, 3.05) is 38.6 Å². The van der Waals surface area contributed by atoms with Crippen LogP contribution in [0.1, 0.15) is 28.2 Å². The van der Waals surface area contributed by atoms with Crippen molar-refractivity contribution in [3.05, 3.63) is 131 Å². The van der Waals surface area contributed by atoms with Crippen LogP contribution in [-0.4, -0.2) is 80.1 Å². The fourth-order valence-corrected chi connectivity index (χ4v) is 6.55. The number of carbonyl (C=O) groups is 3. The molecule has 0 saturated carbocycles. The van der Waals surface area contributed by atoms with Gasteiger partial charge in [0.25, 0.3) is 5.91 Å². The van der Waals surface area contributed by atoms with E-state index < -0.39 is 34.1 Å². The van der Waals surface area contributed by atoms with Crippen molar-refractivity contribution in [3.8, 4) is 0 Å². The maximum absolute atomic E-state index is 14.7. The largest absolute Gasteiger partial charge is 0.337 e. The molecular weight excluding hydrogens is 614 g/mol. The third-order valence-corrected chi connectivity index (χ3v) is 9.87. The van der Waals surface area contributed by atoms with Crippen molar-refractivity contribution >= 4 is 51.6 Å². The number of hydrogen-bond acceptors (Lipinski definition) is 5. The lowest BCUT2D eigenvalue weighted by Gasteiger charge is -2.43. The Morgan fingerprint density at radius 1 is 0.723 bits per heavy atom. The van der Waals surface area contributed by atoms with Crippen LogP contribution >= 0.6 is 0 Å². The maximum Gasteiger partial charge on any atom is 0.329 e. The van der Waals surface area contributed by atoms with Gasteiger partial charge in [-0.05, 0) is 34.4 Å². The van der Waals surface area contributed by atoms with Crippen molar-refractivity contribution < 1.29 is 22.8 Å². The average Bonchev–Trinajstić information content (AvgIpc) is 3.25. The molecule has 4 aromatic carbocycles. The summed E-state index contributed by atoms with van der Waals surface area (Å²) in [4.78, 5) is 47.4. The quantitative estimate of drug-likeness (QED) is 0.326. The minimum atomic E-state index is -4.20. The van der Waals surface area contributed by atoms with Gasteiger partial charge < -0.3 is 9.80 Å². The van der Waals surface area contributed by atoms with Crippen molar-refractivity contribution in [1.82, 2.24) is 18.8 Å². The van der Waals surface area contributed by atoms with Crippen LogP contribution in [0.2, 0.25) is 0 Å². The lowest BCUT2D eigenvalue weighted by molar-refractivity contribution is -0.136. The molecule has 1 fully saturated rings. The summed E-state index contributed by atoms with van der Waals surface area (Å²) in [7, 11) is -1.59. The molecule has 0 spiro atoms. The van der Waals surface area contributed by atoms with Crippen LogP contribution in [0, 0.1) is 0 Å². The second kappa shape index (κ2) is 13.2. The van der Waals surface area contributed by atoms with E-state index in [0.29, 0.717) is 11.4 Å². The fourth-order valence-electron chi connectivity index (χ4n) is 5.98. The molecule has 4 amide bonds. The maximum atomic E-state index is 14.7. The summed E-state index contributed by atoms with van der Waals surface area (Å²) < 4.78 is 28.6. The summed E-state index contributed by atoms with van der Waals surface area (Å²) in [6.45, 7) is -0.0690. The highest BCUT2D eigenvalue weighted by atomic mass is 32.2. The number of nitrogens with zero attached hydrogens (tertiary/aromatic N) is 4. The van der Waals surface area contributed by atoms with E-state index in [1.807, 2.05) is 121 Å². The standard InChI is InChI=1S/C36H35N5O5S/c1-38(2)47(45,46)37-34(42)32-25-39(35(43)33(28-15-5-3-6-16-28)29-17-7-4-8-18-29)23-24-40(32)36(44)41-30-19-11-9-13-26(30)21-22-27-14-10-12-20-31(27)41/h3-22,32-33H,23-25H2,1-2H3,(H,37,42)/t32-/m0/s1. The molecule has 2 heterocycles. The molecule has 1 saturated heterocycles. The van der Waals surface area contributed by atoms with Gasteiger partial charge in [0.1, 0.15) is 6.04 Å². The van der Waals surface area contributed by atoms with Crippen LogP contribution in [0.4, 0.5) is 16.2 Å².